The number of esters is 2. The van der Waals surface area contributed by atoms with Gasteiger partial charge in [-0.3, -0.25) is 0 Å². The fourth-order valence-corrected chi connectivity index (χ4v) is 2.75. The summed E-state index contributed by atoms with van der Waals surface area (Å²) >= 11 is 0. The summed E-state index contributed by atoms with van der Waals surface area (Å²) in [7, 11) is 0. The topological polar surface area (TPSA) is 103 Å². The van der Waals surface area contributed by atoms with Gasteiger partial charge in [-0.25, -0.2) is 14.4 Å². The maximum atomic E-state index is 13.0. The SMILES string of the molecule is CCOC(=O)c1nn2c(=O)[nH]c3cc(C(F)(F)F)ccc3c2c1C(=O)OCC. The maximum absolute atomic E-state index is 13.0. The molecule has 3 aromatic rings. The molecule has 0 fully saturated rings. The second-order valence-electron chi connectivity index (χ2n) is 5.61. The minimum atomic E-state index is -4.63. The third-order valence-corrected chi connectivity index (χ3v) is 3.87. The molecular weight excluding hydrogens is 383 g/mol. The normalized spacial score (nSPS) is 11.8. The Morgan fingerprint density at radius 1 is 1.14 bits per heavy atom. The number of ether oxygens (including phenoxy) is 2. The van der Waals surface area contributed by atoms with Crippen molar-refractivity contribution in [1.29, 1.82) is 0 Å². The molecule has 0 atom stereocenters. The highest BCUT2D eigenvalue weighted by atomic mass is 19.4. The number of rotatable bonds is 4. The quantitative estimate of drug-likeness (QED) is 0.679. The summed E-state index contributed by atoms with van der Waals surface area (Å²) in [6, 6.07) is 2.62. The molecule has 148 valence electrons. The highest BCUT2D eigenvalue weighted by Crippen LogP contribution is 2.32. The van der Waals surface area contributed by atoms with E-state index < -0.39 is 35.1 Å². The summed E-state index contributed by atoms with van der Waals surface area (Å²) < 4.78 is 49.5. The lowest BCUT2D eigenvalue weighted by Crippen LogP contribution is -2.18. The largest absolute Gasteiger partial charge is 0.462 e. The van der Waals surface area contributed by atoms with E-state index in [9.17, 15) is 27.6 Å². The first-order valence-electron chi connectivity index (χ1n) is 8.19. The second kappa shape index (κ2) is 6.98. The molecule has 0 amide bonds. The van der Waals surface area contributed by atoms with Gasteiger partial charge in [-0.2, -0.15) is 22.8 Å². The third kappa shape index (κ3) is 3.19. The Morgan fingerprint density at radius 2 is 1.79 bits per heavy atom. The number of nitrogens with zero attached hydrogens (tertiary/aromatic N) is 2. The number of alkyl halides is 3. The van der Waals surface area contributed by atoms with Crippen molar-refractivity contribution in [2.45, 2.75) is 20.0 Å². The van der Waals surface area contributed by atoms with Crippen molar-refractivity contribution < 1.29 is 32.2 Å². The van der Waals surface area contributed by atoms with E-state index in [-0.39, 0.29) is 35.2 Å². The van der Waals surface area contributed by atoms with Crippen molar-refractivity contribution >= 4 is 28.4 Å². The monoisotopic (exact) mass is 397 g/mol. The molecule has 0 aliphatic carbocycles. The number of benzene rings is 1. The number of carbonyl (C=O) groups is 2. The van der Waals surface area contributed by atoms with Crippen molar-refractivity contribution in [2.75, 3.05) is 13.2 Å². The standard InChI is InChI=1S/C17H14F3N3O5/c1-3-27-14(24)11-12(15(25)28-4-2)22-23-13(11)9-6-5-8(17(18,19)20)7-10(9)21-16(23)26/h5-7H,3-4H2,1-2H3,(H,21,26). The Bertz CT molecular complexity index is 1150. The molecule has 2 heterocycles. The van der Waals surface area contributed by atoms with Crippen molar-refractivity contribution in [2.24, 2.45) is 0 Å². The van der Waals surface area contributed by atoms with E-state index >= 15 is 0 Å². The summed E-state index contributed by atoms with van der Waals surface area (Å²) in [5.41, 5.74) is -3.04. The smallest absolute Gasteiger partial charge is 0.416 e. The summed E-state index contributed by atoms with van der Waals surface area (Å²) in [4.78, 5) is 39.3. The Kier molecular flexibility index (Phi) is 4.84. The van der Waals surface area contributed by atoms with Gasteiger partial charge >= 0.3 is 23.8 Å². The van der Waals surface area contributed by atoms with Crippen LogP contribution >= 0.6 is 0 Å². The fraction of sp³-hybridized carbons (Fsp3) is 0.294. The molecule has 3 rings (SSSR count). The molecule has 28 heavy (non-hydrogen) atoms. The summed E-state index contributed by atoms with van der Waals surface area (Å²) in [5, 5.41) is 3.91. The average molecular weight is 397 g/mol. The summed E-state index contributed by atoms with van der Waals surface area (Å²) in [6.45, 7) is 3.03. The number of aromatic nitrogens is 3. The molecule has 0 aliphatic rings. The first kappa shape index (κ1) is 19.4. The maximum Gasteiger partial charge on any atom is 0.416 e. The summed E-state index contributed by atoms with van der Waals surface area (Å²) in [6.07, 6.45) is -4.63. The van der Waals surface area contributed by atoms with Gasteiger partial charge < -0.3 is 14.5 Å². The van der Waals surface area contributed by atoms with E-state index in [0.29, 0.717) is 0 Å². The van der Waals surface area contributed by atoms with Crippen LogP contribution in [0.2, 0.25) is 0 Å². The lowest BCUT2D eigenvalue weighted by atomic mass is 10.1. The van der Waals surface area contributed by atoms with E-state index in [2.05, 4.69) is 10.1 Å². The number of fused-ring (bicyclic) bond motifs is 3. The predicted molar refractivity (Wildman–Crippen MR) is 90.2 cm³/mol. The van der Waals surface area contributed by atoms with Crippen LogP contribution in [0, 0.1) is 0 Å². The molecule has 1 aromatic carbocycles. The lowest BCUT2D eigenvalue weighted by Gasteiger charge is -2.09. The molecule has 11 heteroatoms. The van der Waals surface area contributed by atoms with Gasteiger partial charge in [-0.05, 0) is 26.0 Å². The van der Waals surface area contributed by atoms with Gasteiger partial charge in [0.1, 0.15) is 5.56 Å². The molecule has 2 aromatic heterocycles. The fourth-order valence-electron chi connectivity index (χ4n) is 2.75. The van der Waals surface area contributed by atoms with E-state index in [1.165, 1.54) is 6.92 Å². The lowest BCUT2D eigenvalue weighted by molar-refractivity contribution is -0.137. The number of carbonyl (C=O) groups excluding carboxylic acids is 2. The van der Waals surface area contributed by atoms with Gasteiger partial charge in [0.2, 0.25) is 0 Å². The van der Waals surface area contributed by atoms with Gasteiger partial charge in [0.05, 0.1) is 29.8 Å². The number of hydrogen-bond donors (Lipinski definition) is 1. The predicted octanol–water partition coefficient (Wildman–Crippen LogP) is 2.55. The summed E-state index contributed by atoms with van der Waals surface area (Å²) in [5.74, 6) is -1.92. The molecule has 0 saturated carbocycles. The van der Waals surface area contributed by atoms with Crippen LogP contribution in [-0.2, 0) is 15.7 Å². The first-order chi connectivity index (χ1) is 13.2. The van der Waals surface area contributed by atoms with Gasteiger partial charge in [-0.1, -0.05) is 6.07 Å². The Labute approximate surface area is 154 Å². The van der Waals surface area contributed by atoms with Crippen molar-refractivity contribution in [3.05, 3.63) is 45.5 Å². The zero-order chi connectivity index (χ0) is 20.6. The molecule has 0 radical (unpaired) electrons. The van der Waals surface area contributed by atoms with Crippen LogP contribution in [0.3, 0.4) is 0 Å². The van der Waals surface area contributed by atoms with Crippen molar-refractivity contribution in [3.8, 4) is 0 Å². The molecule has 8 nitrogen and oxygen atoms in total. The molecule has 0 unspecified atom stereocenters. The Morgan fingerprint density at radius 3 is 2.39 bits per heavy atom. The second-order valence-corrected chi connectivity index (χ2v) is 5.61. The Balaban J connectivity index is 2.42. The molecule has 1 N–H and O–H groups in total. The van der Waals surface area contributed by atoms with Crippen LogP contribution in [0.5, 0.6) is 0 Å². The average Bonchev–Trinajstić information content (AvgIpc) is 3.02. The molecule has 0 spiro atoms. The minimum absolute atomic E-state index is 0.0129. The van der Waals surface area contributed by atoms with Crippen LogP contribution in [0.1, 0.15) is 40.3 Å². The molecule has 0 saturated heterocycles. The zero-order valence-electron chi connectivity index (χ0n) is 14.7. The number of H-pyrrole nitrogens is 1. The first-order valence-corrected chi connectivity index (χ1v) is 8.19. The minimum Gasteiger partial charge on any atom is -0.462 e. The molecule has 0 bridgehead atoms. The highest BCUT2D eigenvalue weighted by molar-refractivity contribution is 6.12. The number of halogens is 3. The third-order valence-electron chi connectivity index (χ3n) is 3.87. The van der Waals surface area contributed by atoms with Crippen molar-refractivity contribution in [3.63, 3.8) is 0 Å². The van der Waals surface area contributed by atoms with Crippen molar-refractivity contribution in [1.82, 2.24) is 14.6 Å². The van der Waals surface area contributed by atoms with E-state index in [0.717, 1.165) is 22.7 Å². The van der Waals surface area contributed by atoms with Crippen LogP contribution in [0.4, 0.5) is 13.2 Å². The van der Waals surface area contributed by atoms with Gasteiger partial charge in [-0.15, -0.1) is 0 Å². The van der Waals surface area contributed by atoms with Gasteiger partial charge in [0.25, 0.3) is 0 Å². The van der Waals surface area contributed by atoms with Crippen LogP contribution < -0.4 is 5.69 Å². The highest BCUT2D eigenvalue weighted by Gasteiger charge is 2.32. The number of aromatic amines is 1. The van der Waals surface area contributed by atoms with Crippen LogP contribution in [0.25, 0.3) is 16.4 Å². The zero-order valence-corrected chi connectivity index (χ0v) is 14.7. The number of hydrogen-bond acceptors (Lipinski definition) is 6. The van der Waals surface area contributed by atoms with Gasteiger partial charge in [0, 0.05) is 5.39 Å². The van der Waals surface area contributed by atoms with Crippen LogP contribution in [0.15, 0.2) is 23.0 Å². The van der Waals surface area contributed by atoms with E-state index in [1.807, 2.05) is 0 Å². The van der Waals surface area contributed by atoms with Crippen LogP contribution in [-0.4, -0.2) is 39.8 Å². The van der Waals surface area contributed by atoms with E-state index in [1.54, 1.807) is 6.92 Å². The molecular formula is C17H14F3N3O5. The Hall–Kier alpha value is -3.37. The number of nitrogens with one attached hydrogen (secondary N) is 1. The molecule has 0 aliphatic heterocycles. The van der Waals surface area contributed by atoms with E-state index in [4.69, 9.17) is 9.47 Å². The van der Waals surface area contributed by atoms with Gasteiger partial charge in [0.15, 0.2) is 5.69 Å².